The Bertz CT molecular complexity index is 851. The fourth-order valence-corrected chi connectivity index (χ4v) is 2.67. The maximum absolute atomic E-state index is 12.5. The Balaban J connectivity index is 2.21. The number of hydrogen-bond acceptors (Lipinski definition) is 6. The second-order valence-electron chi connectivity index (χ2n) is 6.35. The van der Waals surface area contributed by atoms with E-state index in [0.29, 0.717) is 5.75 Å². The van der Waals surface area contributed by atoms with E-state index in [-0.39, 0.29) is 16.8 Å². The molecule has 1 amide bonds. The van der Waals surface area contributed by atoms with E-state index in [1.54, 1.807) is 6.92 Å². The number of benzene rings is 2. The Labute approximate surface area is 163 Å². The number of amides is 1. The van der Waals surface area contributed by atoms with E-state index in [4.69, 9.17) is 4.74 Å². The smallest absolute Gasteiger partial charge is 0.337 e. The number of esters is 2. The third-order valence-corrected chi connectivity index (χ3v) is 3.92. The van der Waals surface area contributed by atoms with Gasteiger partial charge >= 0.3 is 11.9 Å². The summed E-state index contributed by atoms with van der Waals surface area (Å²) in [6, 6.07) is 9.85. The Hall–Kier alpha value is -3.35. The van der Waals surface area contributed by atoms with Crippen molar-refractivity contribution in [2.75, 3.05) is 19.5 Å². The van der Waals surface area contributed by atoms with Crippen molar-refractivity contribution in [1.29, 1.82) is 0 Å². The highest BCUT2D eigenvalue weighted by atomic mass is 16.5. The minimum Gasteiger partial charge on any atom is -0.481 e. The van der Waals surface area contributed by atoms with Gasteiger partial charge in [0.2, 0.25) is 0 Å². The van der Waals surface area contributed by atoms with Crippen LogP contribution < -0.4 is 10.1 Å². The molecule has 0 bridgehead atoms. The van der Waals surface area contributed by atoms with Gasteiger partial charge in [0, 0.05) is 5.69 Å². The SMILES string of the molecule is COC(=O)c1cc(NC(=O)[C@H](C)Oc2cc(C)cc(C)c2)cc(C(=O)OC)c1. The highest BCUT2D eigenvalue weighted by molar-refractivity contribution is 6.00. The van der Waals surface area contributed by atoms with Gasteiger partial charge in [-0.3, -0.25) is 4.79 Å². The standard InChI is InChI=1S/C21H23NO6/c1-12-6-13(2)8-18(7-12)28-14(3)19(23)22-17-10-15(20(24)26-4)9-16(11-17)21(25)27-5/h6-11,14H,1-5H3,(H,22,23)/t14-/m0/s1. The van der Waals surface area contributed by atoms with Crippen LogP contribution in [0.25, 0.3) is 0 Å². The first-order valence-electron chi connectivity index (χ1n) is 8.61. The summed E-state index contributed by atoms with van der Waals surface area (Å²) in [4.78, 5) is 36.2. The molecular formula is C21H23NO6. The van der Waals surface area contributed by atoms with Gasteiger partial charge in [-0.05, 0) is 62.2 Å². The van der Waals surface area contributed by atoms with Crippen LogP contribution in [0.1, 0.15) is 38.8 Å². The van der Waals surface area contributed by atoms with Crippen molar-refractivity contribution in [1.82, 2.24) is 0 Å². The Kier molecular flexibility index (Phi) is 6.76. The van der Waals surface area contributed by atoms with Gasteiger partial charge in [0.15, 0.2) is 6.10 Å². The maximum Gasteiger partial charge on any atom is 0.337 e. The summed E-state index contributed by atoms with van der Waals surface area (Å²) < 4.78 is 15.1. The van der Waals surface area contributed by atoms with Crippen LogP contribution in [-0.2, 0) is 14.3 Å². The van der Waals surface area contributed by atoms with Crippen molar-refractivity contribution >= 4 is 23.5 Å². The highest BCUT2D eigenvalue weighted by Crippen LogP contribution is 2.20. The zero-order valence-corrected chi connectivity index (χ0v) is 16.5. The van der Waals surface area contributed by atoms with E-state index in [1.807, 2.05) is 32.0 Å². The van der Waals surface area contributed by atoms with Crippen molar-refractivity contribution in [3.63, 3.8) is 0 Å². The topological polar surface area (TPSA) is 90.9 Å². The number of aryl methyl sites for hydroxylation is 2. The second kappa shape index (κ2) is 9.03. The molecule has 0 radical (unpaired) electrons. The molecule has 148 valence electrons. The maximum atomic E-state index is 12.5. The molecule has 0 unspecified atom stereocenters. The van der Waals surface area contributed by atoms with Crippen molar-refractivity contribution in [3.05, 3.63) is 58.7 Å². The lowest BCUT2D eigenvalue weighted by Gasteiger charge is -2.16. The van der Waals surface area contributed by atoms with Gasteiger partial charge in [-0.1, -0.05) is 6.07 Å². The van der Waals surface area contributed by atoms with Gasteiger partial charge < -0.3 is 19.5 Å². The summed E-state index contributed by atoms with van der Waals surface area (Å²) in [5.74, 6) is -1.13. The molecule has 0 fully saturated rings. The molecule has 0 saturated carbocycles. The zero-order valence-electron chi connectivity index (χ0n) is 16.5. The number of nitrogens with one attached hydrogen (secondary N) is 1. The van der Waals surface area contributed by atoms with E-state index in [9.17, 15) is 14.4 Å². The van der Waals surface area contributed by atoms with E-state index >= 15 is 0 Å². The van der Waals surface area contributed by atoms with Crippen LogP contribution in [0.15, 0.2) is 36.4 Å². The van der Waals surface area contributed by atoms with Crippen molar-refractivity contribution in [2.45, 2.75) is 26.9 Å². The molecular weight excluding hydrogens is 362 g/mol. The first-order valence-corrected chi connectivity index (χ1v) is 8.61. The third-order valence-electron chi connectivity index (χ3n) is 3.92. The van der Waals surface area contributed by atoms with Crippen molar-refractivity contribution < 1.29 is 28.6 Å². The minimum absolute atomic E-state index is 0.114. The normalized spacial score (nSPS) is 11.3. The fourth-order valence-electron chi connectivity index (χ4n) is 2.67. The summed E-state index contributed by atoms with van der Waals surface area (Å²) in [6.07, 6.45) is -0.801. The lowest BCUT2D eigenvalue weighted by atomic mass is 10.1. The molecule has 0 aromatic heterocycles. The third kappa shape index (κ3) is 5.33. The molecule has 1 atom stereocenters. The number of hydrogen-bond donors (Lipinski definition) is 1. The summed E-state index contributed by atoms with van der Waals surface area (Å²) >= 11 is 0. The summed E-state index contributed by atoms with van der Waals surface area (Å²) in [5, 5.41) is 2.65. The first-order chi connectivity index (χ1) is 13.2. The van der Waals surface area contributed by atoms with Gasteiger partial charge in [-0.25, -0.2) is 9.59 Å². The van der Waals surface area contributed by atoms with Crippen LogP contribution in [0.5, 0.6) is 5.75 Å². The quantitative estimate of drug-likeness (QED) is 0.768. The number of carbonyl (C=O) groups is 3. The Morgan fingerprint density at radius 1 is 0.821 bits per heavy atom. The number of ether oxygens (including phenoxy) is 3. The van der Waals surface area contributed by atoms with Gasteiger partial charge in [0.25, 0.3) is 5.91 Å². The van der Waals surface area contributed by atoms with Crippen LogP contribution in [0, 0.1) is 13.8 Å². The first kappa shape index (κ1) is 21.0. The van der Waals surface area contributed by atoms with Crippen LogP contribution in [0.2, 0.25) is 0 Å². The summed E-state index contributed by atoms with van der Waals surface area (Å²) in [5.41, 5.74) is 2.53. The molecule has 0 aliphatic carbocycles. The highest BCUT2D eigenvalue weighted by Gasteiger charge is 2.18. The molecule has 2 rings (SSSR count). The van der Waals surface area contributed by atoms with Gasteiger partial charge in [-0.2, -0.15) is 0 Å². The average Bonchev–Trinajstić information content (AvgIpc) is 2.65. The van der Waals surface area contributed by atoms with Crippen LogP contribution in [0.4, 0.5) is 5.69 Å². The molecule has 7 heteroatoms. The van der Waals surface area contributed by atoms with Gasteiger partial charge in [0.1, 0.15) is 5.75 Å². The molecule has 0 heterocycles. The zero-order chi connectivity index (χ0) is 20.8. The van der Waals surface area contributed by atoms with E-state index in [1.165, 1.54) is 32.4 Å². The van der Waals surface area contributed by atoms with E-state index in [0.717, 1.165) is 11.1 Å². The lowest BCUT2D eigenvalue weighted by Crippen LogP contribution is -2.30. The molecule has 2 aromatic carbocycles. The van der Waals surface area contributed by atoms with E-state index < -0.39 is 23.9 Å². The Morgan fingerprint density at radius 3 is 1.79 bits per heavy atom. The second-order valence-corrected chi connectivity index (χ2v) is 6.35. The van der Waals surface area contributed by atoms with Crippen molar-refractivity contribution in [3.8, 4) is 5.75 Å². The molecule has 0 aliphatic rings. The van der Waals surface area contributed by atoms with Gasteiger partial charge in [0.05, 0.1) is 25.3 Å². The van der Waals surface area contributed by atoms with Gasteiger partial charge in [-0.15, -0.1) is 0 Å². The predicted molar refractivity (Wildman–Crippen MR) is 104 cm³/mol. The Morgan fingerprint density at radius 2 is 1.32 bits per heavy atom. The molecule has 2 aromatic rings. The predicted octanol–water partition coefficient (Wildman–Crippen LogP) is 3.28. The summed E-state index contributed by atoms with van der Waals surface area (Å²) in [7, 11) is 2.45. The van der Waals surface area contributed by atoms with Crippen LogP contribution in [-0.4, -0.2) is 38.2 Å². The monoisotopic (exact) mass is 385 g/mol. The summed E-state index contributed by atoms with van der Waals surface area (Å²) in [6.45, 7) is 5.49. The molecule has 0 saturated heterocycles. The number of methoxy groups -OCH3 is 2. The fraction of sp³-hybridized carbons (Fsp3) is 0.286. The molecule has 7 nitrogen and oxygen atoms in total. The lowest BCUT2D eigenvalue weighted by molar-refractivity contribution is -0.122. The van der Waals surface area contributed by atoms with Crippen LogP contribution in [0.3, 0.4) is 0 Å². The number of rotatable bonds is 6. The molecule has 1 N–H and O–H groups in total. The number of anilines is 1. The van der Waals surface area contributed by atoms with Crippen molar-refractivity contribution in [2.24, 2.45) is 0 Å². The number of carbonyl (C=O) groups excluding carboxylic acids is 3. The molecule has 28 heavy (non-hydrogen) atoms. The average molecular weight is 385 g/mol. The molecule has 0 spiro atoms. The minimum atomic E-state index is -0.801. The van der Waals surface area contributed by atoms with E-state index in [2.05, 4.69) is 14.8 Å². The largest absolute Gasteiger partial charge is 0.481 e. The molecule has 0 aliphatic heterocycles. The van der Waals surface area contributed by atoms with Crippen LogP contribution >= 0.6 is 0 Å².